The highest BCUT2D eigenvalue weighted by atomic mass is 19.4. The molecule has 1 heterocycles. The Morgan fingerprint density at radius 2 is 2.18 bits per heavy atom. The molecule has 1 aliphatic heterocycles. The lowest BCUT2D eigenvalue weighted by Gasteiger charge is -2.11. The van der Waals surface area contributed by atoms with Crippen LogP contribution in [-0.2, 0) is 9.47 Å². The largest absolute Gasteiger partial charge is 0.522 e. The first-order valence-electron chi connectivity index (χ1n) is 3.40. The van der Waals surface area contributed by atoms with Crippen LogP contribution in [0.15, 0.2) is 0 Å². The van der Waals surface area contributed by atoms with Gasteiger partial charge < -0.3 is 4.74 Å². The molecule has 0 bridgehead atoms. The second-order valence-electron chi connectivity index (χ2n) is 2.39. The van der Waals surface area contributed by atoms with Crippen molar-refractivity contribution in [3.8, 4) is 0 Å². The number of hydrogen-bond donors (Lipinski definition) is 0. The molecular formula is C6H9F3O2. The molecule has 0 aromatic heterocycles. The van der Waals surface area contributed by atoms with Crippen LogP contribution in [0.3, 0.4) is 0 Å². The van der Waals surface area contributed by atoms with Crippen LogP contribution in [-0.4, -0.2) is 25.7 Å². The lowest BCUT2D eigenvalue weighted by atomic mass is 10.2. The first-order valence-corrected chi connectivity index (χ1v) is 3.40. The van der Waals surface area contributed by atoms with Crippen LogP contribution in [0, 0.1) is 0 Å². The first kappa shape index (κ1) is 8.80. The third-order valence-electron chi connectivity index (χ3n) is 1.46. The zero-order valence-electron chi connectivity index (χ0n) is 5.86. The molecule has 1 unspecified atom stereocenters. The summed E-state index contributed by atoms with van der Waals surface area (Å²) in [5.74, 6) is 0. The van der Waals surface area contributed by atoms with Gasteiger partial charge in [0.2, 0.25) is 0 Å². The molecule has 0 aliphatic carbocycles. The normalized spacial score (nSPS) is 25.9. The molecule has 2 nitrogen and oxygen atoms in total. The molecule has 0 N–H and O–H groups in total. The van der Waals surface area contributed by atoms with Crippen molar-refractivity contribution >= 4 is 0 Å². The minimum Gasteiger partial charge on any atom is -0.376 e. The van der Waals surface area contributed by atoms with Crippen LogP contribution >= 0.6 is 0 Å². The van der Waals surface area contributed by atoms with Gasteiger partial charge in [0.05, 0.1) is 12.7 Å². The Balaban J connectivity index is 2.11. The van der Waals surface area contributed by atoms with Crippen molar-refractivity contribution in [2.24, 2.45) is 0 Å². The van der Waals surface area contributed by atoms with Crippen LogP contribution in [0.5, 0.6) is 0 Å². The number of rotatable bonds is 2. The van der Waals surface area contributed by atoms with Crippen molar-refractivity contribution < 1.29 is 22.6 Å². The summed E-state index contributed by atoms with van der Waals surface area (Å²) < 4.78 is 42.8. The molecular weight excluding hydrogens is 161 g/mol. The van der Waals surface area contributed by atoms with Gasteiger partial charge in [0.1, 0.15) is 0 Å². The van der Waals surface area contributed by atoms with Crippen LogP contribution in [0.4, 0.5) is 13.2 Å². The average Bonchev–Trinajstić information content (AvgIpc) is 2.32. The Morgan fingerprint density at radius 3 is 2.64 bits per heavy atom. The van der Waals surface area contributed by atoms with Gasteiger partial charge in [-0.25, -0.2) is 0 Å². The Labute approximate surface area is 62.3 Å². The predicted octanol–water partition coefficient (Wildman–Crippen LogP) is 1.70. The van der Waals surface area contributed by atoms with Gasteiger partial charge in [-0.05, 0) is 12.8 Å². The summed E-state index contributed by atoms with van der Waals surface area (Å²) in [7, 11) is 0. The van der Waals surface area contributed by atoms with E-state index in [-0.39, 0.29) is 12.7 Å². The summed E-state index contributed by atoms with van der Waals surface area (Å²) in [6, 6.07) is 0. The Bertz CT molecular complexity index is 117. The zero-order chi connectivity index (χ0) is 8.32. The monoisotopic (exact) mass is 170 g/mol. The molecule has 0 amide bonds. The van der Waals surface area contributed by atoms with Gasteiger partial charge in [0.15, 0.2) is 0 Å². The van der Waals surface area contributed by atoms with Crippen molar-refractivity contribution in [2.45, 2.75) is 25.3 Å². The summed E-state index contributed by atoms with van der Waals surface area (Å²) in [6.07, 6.45) is -3.40. The van der Waals surface area contributed by atoms with E-state index in [2.05, 4.69) is 4.74 Å². The van der Waals surface area contributed by atoms with Gasteiger partial charge in [-0.3, -0.25) is 4.74 Å². The van der Waals surface area contributed by atoms with E-state index < -0.39 is 6.36 Å². The average molecular weight is 170 g/mol. The second kappa shape index (κ2) is 3.40. The van der Waals surface area contributed by atoms with Crippen LogP contribution in [0.25, 0.3) is 0 Å². The molecule has 1 rings (SSSR count). The molecule has 1 saturated heterocycles. The highest BCUT2D eigenvalue weighted by Gasteiger charge is 2.31. The highest BCUT2D eigenvalue weighted by molar-refractivity contribution is 4.63. The van der Waals surface area contributed by atoms with E-state index in [9.17, 15) is 13.2 Å². The van der Waals surface area contributed by atoms with Crippen molar-refractivity contribution in [3.63, 3.8) is 0 Å². The van der Waals surface area contributed by atoms with Gasteiger partial charge in [-0.15, -0.1) is 13.2 Å². The van der Waals surface area contributed by atoms with E-state index >= 15 is 0 Å². The maximum atomic E-state index is 11.4. The number of halogens is 3. The topological polar surface area (TPSA) is 18.5 Å². The molecule has 5 heteroatoms. The molecule has 0 aromatic rings. The van der Waals surface area contributed by atoms with Crippen molar-refractivity contribution in [1.29, 1.82) is 0 Å². The maximum absolute atomic E-state index is 11.4. The Morgan fingerprint density at radius 1 is 1.45 bits per heavy atom. The van der Waals surface area contributed by atoms with Crippen LogP contribution in [0.2, 0.25) is 0 Å². The lowest BCUT2D eigenvalue weighted by molar-refractivity contribution is -0.330. The molecule has 11 heavy (non-hydrogen) atoms. The summed E-state index contributed by atoms with van der Waals surface area (Å²) in [4.78, 5) is 0. The summed E-state index contributed by atoms with van der Waals surface area (Å²) in [5, 5.41) is 0. The van der Waals surface area contributed by atoms with E-state index in [0.717, 1.165) is 6.42 Å². The third kappa shape index (κ3) is 3.57. The standard InChI is InChI=1S/C6H9F3O2/c7-6(8,9)11-4-5-2-1-3-10-5/h5H,1-4H2. The van der Waals surface area contributed by atoms with E-state index in [4.69, 9.17) is 4.74 Å². The third-order valence-corrected chi connectivity index (χ3v) is 1.46. The SMILES string of the molecule is FC(F)(F)OCC1CCCO1. The zero-order valence-corrected chi connectivity index (χ0v) is 5.86. The van der Waals surface area contributed by atoms with Crippen molar-refractivity contribution in [3.05, 3.63) is 0 Å². The minimum atomic E-state index is -4.52. The van der Waals surface area contributed by atoms with E-state index in [1.165, 1.54) is 0 Å². The molecule has 66 valence electrons. The van der Waals surface area contributed by atoms with Crippen molar-refractivity contribution in [2.75, 3.05) is 13.2 Å². The predicted molar refractivity (Wildman–Crippen MR) is 31.0 cm³/mol. The fourth-order valence-corrected chi connectivity index (χ4v) is 0.963. The lowest BCUT2D eigenvalue weighted by Crippen LogP contribution is -2.22. The molecule has 1 fully saturated rings. The smallest absolute Gasteiger partial charge is 0.376 e. The highest BCUT2D eigenvalue weighted by Crippen LogP contribution is 2.19. The van der Waals surface area contributed by atoms with Gasteiger partial charge in [0, 0.05) is 6.61 Å². The van der Waals surface area contributed by atoms with E-state index in [1.54, 1.807) is 0 Å². The minimum absolute atomic E-state index is 0.364. The quantitative estimate of drug-likeness (QED) is 0.628. The van der Waals surface area contributed by atoms with Crippen molar-refractivity contribution in [1.82, 2.24) is 0 Å². The first-order chi connectivity index (χ1) is 5.08. The summed E-state index contributed by atoms with van der Waals surface area (Å²) in [6.45, 7) is 0.176. The Hall–Kier alpha value is -0.290. The maximum Gasteiger partial charge on any atom is 0.522 e. The number of ether oxygens (including phenoxy) is 2. The number of alkyl halides is 3. The molecule has 0 aromatic carbocycles. The van der Waals surface area contributed by atoms with E-state index in [0.29, 0.717) is 13.0 Å². The molecule has 1 aliphatic rings. The molecule has 0 radical (unpaired) electrons. The second-order valence-corrected chi connectivity index (χ2v) is 2.39. The van der Waals surface area contributed by atoms with E-state index in [1.807, 2.05) is 0 Å². The van der Waals surface area contributed by atoms with Gasteiger partial charge in [-0.1, -0.05) is 0 Å². The van der Waals surface area contributed by atoms with Crippen LogP contribution in [0.1, 0.15) is 12.8 Å². The molecule has 0 saturated carbocycles. The fourth-order valence-electron chi connectivity index (χ4n) is 0.963. The summed E-state index contributed by atoms with van der Waals surface area (Å²) >= 11 is 0. The fraction of sp³-hybridized carbons (Fsp3) is 1.00. The van der Waals surface area contributed by atoms with Crippen LogP contribution < -0.4 is 0 Å². The van der Waals surface area contributed by atoms with Gasteiger partial charge in [-0.2, -0.15) is 0 Å². The summed E-state index contributed by atoms with van der Waals surface area (Å²) in [5.41, 5.74) is 0. The van der Waals surface area contributed by atoms with Gasteiger partial charge >= 0.3 is 6.36 Å². The van der Waals surface area contributed by atoms with Gasteiger partial charge in [0.25, 0.3) is 0 Å². The number of hydrogen-bond acceptors (Lipinski definition) is 2. The Kier molecular flexibility index (Phi) is 2.72. The molecule has 1 atom stereocenters. The molecule has 0 spiro atoms.